The minimum absolute atomic E-state index is 0.207. The van der Waals surface area contributed by atoms with Crippen molar-refractivity contribution in [2.45, 2.75) is 44.9 Å². The highest BCUT2D eigenvalue weighted by molar-refractivity contribution is 7.99. The lowest BCUT2D eigenvalue weighted by Gasteiger charge is -2.03. The number of thiol groups is 1. The molecule has 0 spiro atoms. The molecule has 1 aromatic heterocycles. The quantitative estimate of drug-likeness (QED) is 0.429. The summed E-state index contributed by atoms with van der Waals surface area (Å²) in [5, 5.41) is 0. The Morgan fingerprint density at radius 2 is 1.40 bits per heavy atom. The van der Waals surface area contributed by atoms with Crippen LogP contribution in [-0.2, 0) is 6.42 Å². The van der Waals surface area contributed by atoms with Gasteiger partial charge >= 0.3 is 0 Å². The van der Waals surface area contributed by atoms with Gasteiger partial charge in [-0.3, -0.25) is 0 Å². The van der Waals surface area contributed by atoms with Gasteiger partial charge in [-0.15, -0.1) is 0 Å². The molecular weight excluding hydrogens is 290 g/mol. The second kappa shape index (κ2) is 11.0. The minimum Gasteiger partial charge on any atom is -0.368 e. The normalized spacial score (nSPS) is 10.8. The van der Waals surface area contributed by atoms with Gasteiger partial charge < -0.3 is 11.5 Å². The molecule has 1 rings (SSSR count). The molecule has 0 aliphatic carbocycles. The summed E-state index contributed by atoms with van der Waals surface area (Å²) in [5.41, 5.74) is 11.1. The van der Waals surface area contributed by atoms with Crippen LogP contribution in [0.1, 0.15) is 44.3 Å². The van der Waals surface area contributed by atoms with Crippen molar-refractivity contribution in [2.24, 2.45) is 0 Å². The van der Waals surface area contributed by atoms with Crippen molar-refractivity contribution >= 4 is 36.3 Å². The van der Waals surface area contributed by atoms with Gasteiger partial charge in [0.15, 0.2) is 0 Å². The predicted molar refractivity (Wildman–Crippen MR) is 91.2 cm³/mol. The second-order valence-electron chi connectivity index (χ2n) is 4.68. The van der Waals surface area contributed by atoms with Crippen LogP contribution < -0.4 is 11.5 Å². The van der Waals surface area contributed by atoms with E-state index in [0.29, 0.717) is 5.82 Å². The number of unbranched alkanes of at least 4 members (excludes halogenated alkanes) is 5. The first-order chi connectivity index (χ1) is 9.72. The van der Waals surface area contributed by atoms with Gasteiger partial charge in [-0.25, -0.2) is 0 Å². The van der Waals surface area contributed by atoms with Crippen LogP contribution in [0.5, 0.6) is 0 Å². The Kier molecular flexibility index (Phi) is 9.57. The smallest absolute Gasteiger partial charge is 0.225 e. The third-order valence-corrected chi connectivity index (χ3v) is 4.27. The average molecular weight is 316 g/mol. The number of thioether (sulfide) groups is 1. The third-order valence-electron chi connectivity index (χ3n) is 2.88. The molecule has 20 heavy (non-hydrogen) atoms. The second-order valence-corrected chi connectivity index (χ2v) is 6.35. The van der Waals surface area contributed by atoms with Gasteiger partial charge in [-0.1, -0.05) is 25.7 Å². The van der Waals surface area contributed by atoms with Crippen LogP contribution in [0.3, 0.4) is 0 Å². The number of aryl methyl sites for hydroxylation is 1. The molecule has 0 bridgehead atoms. The molecule has 114 valence electrons. The Morgan fingerprint density at radius 1 is 0.800 bits per heavy atom. The Balaban J connectivity index is 1.97. The van der Waals surface area contributed by atoms with E-state index in [4.69, 9.17) is 11.5 Å². The number of nitrogen functional groups attached to an aromatic ring is 2. The molecule has 0 atom stereocenters. The summed E-state index contributed by atoms with van der Waals surface area (Å²) >= 11 is 6.15. The monoisotopic (exact) mass is 315 g/mol. The van der Waals surface area contributed by atoms with E-state index in [1.54, 1.807) is 0 Å². The molecule has 7 heteroatoms. The van der Waals surface area contributed by atoms with Crippen molar-refractivity contribution in [3.8, 4) is 0 Å². The molecule has 0 aliphatic heterocycles. The fourth-order valence-corrected chi connectivity index (χ4v) is 3.02. The summed E-state index contributed by atoms with van der Waals surface area (Å²) in [6, 6.07) is 0. The number of anilines is 2. The lowest BCUT2D eigenvalue weighted by molar-refractivity contribution is 0.629. The van der Waals surface area contributed by atoms with Crippen LogP contribution in [0.4, 0.5) is 11.9 Å². The molecular formula is C13H25N5S2. The van der Waals surface area contributed by atoms with Crippen molar-refractivity contribution in [3.63, 3.8) is 0 Å². The van der Waals surface area contributed by atoms with Crippen molar-refractivity contribution in [1.82, 2.24) is 15.0 Å². The fraction of sp³-hybridized carbons (Fsp3) is 0.769. The zero-order valence-corrected chi connectivity index (χ0v) is 13.6. The molecule has 0 aromatic carbocycles. The topological polar surface area (TPSA) is 90.7 Å². The van der Waals surface area contributed by atoms with Crippen LogP contribution >= 0.6 is 24.4 Å². The highest BCUT2D eigenvalue weighted by atomic mass is 32.2. The molecule has 0 unspecified atom stereocenters. The van der Waals surface area contributed by atoms with E-state index in [1.165, 1.54) is 44.3 Å². The van der Waals surface area contributed by atoms with Crippen LogP contribution in [0, 0.1) is 0 Å². The average Bonchev–Trinajstić information content (AvgIpc) is 2.40. The highest BCUT2D eigenvalue weighted by Crippen LogP contribution is 2.11. The highest BCUT2D eigenvalue weighted by Gasteiger charge is 2.01. The van der Waals surface area contributed by atoms with Gasteiger partial charge in [-0.2, -0.15) is 39.3 Å². The summed E-state index contributed by atoms with van der Waals surface area (Å²) in [6.07, 6.45) is 8.65. The van der Waals surface area contributed by atoms with E-state index in [1.807, 2.05) is 11.8 Å². The van der Waals surface area contributed by atoms with Crippen LogP contribution in [0.15, 0.2) is 0 Å². The third kappa shape index (κ3) is 8.47. The van der Waals surface area contributed by atoms with E-state index in [9.17, 15) is 0 Å². The maximum Gasteiger partial charge on any atom is 0.225 e. The summed E-state index contributed by atoms with van der Waals surface area (Å²) in [5.74, 6) is 4.32. The first-order valence-corrected chi connectivity index (χ1v) is 8.95. The van der Waals surface area contributed by atoms with E-state index in [0.717, 1.165) is 17.9 Å². The largest absolute Gasteiger partial charge is 0.368 e. The predicted octanol–water partition coefficient (Wildman–Crippen LogP) is 2.58. The SMILES string of the molecule is Nc1nc(N)nc(CCSCCCCCCCCS)n1. The van der Waals surface area contributed by atoms with E-state index in [2.05, 4.69) is 27.6 Å². The first kappa shape index (κ1) is 17.4. The van der Waals surface area contributed by atoms with Gasteiger partial charge in [0.25, 0.3) is 0 Å². The number of nitrogens with two attached hydrogens (primary N) is 2. The Labute approximate surface area is 131 Å². The zero-order chi connectivity index (χ0) is 14.6. The first-order valence-electron chi connectivity index (χ1n) is 7.17. The minimum atomic E-state index is 0.207. The number of hydrogen-bond acceptors (Lipinski definition) is 7. The van der Waals surface area contributed by atoms with Crippen molar-refractivity contribution in [1.29, 1.82) is 0 Å². The van der Waals surface area contributed by atoms with Gasteiger partial charge in [0, 0.05) is 12.2 Å². The Hall–Kier alpha value is -0.690. The van der Waals surface area contributed by atoms with Gasteiger partial charge in [0.2, 0.25) is 11.9 Å². The fourth-order valence-electron chi connectivity index (χ4n) is 1.86. The van der Waals surface area contributed by atoms with Crippen LogP contribution in [0.2, 0.25) is 0 Å². The molecule has 1 aromatic rings. The molecule has 0 fully saturated rings. The lowest BCUT2D eigenvalue weighted by atomic mass is 10.1. The molecule has 0 radical (unpaired) electrons. The van der Waals surface area contributed by atoms with Crippen LogP contribution in [-0.4, -0.2) is 32.2 Å². The van der Waals surface area contributed by atoms with E-state index < -0.39 is 0 Å². The molecule has 1 heterocycles. The Bertz CT molecular complexity index is 356. The maximum absolute atomic E-state index is 5.53. The molecule has 0 saturated carbocycles. The molecule has 0 aliphatic rings. The van der Waals surface area contributed by atoms with Gasteiger partial charge in [0.1, 0.15) is 5.82 Å². The number of hydrogen-bond donors (Lipinski definition) is 3. The van der Waals surface area contributed by atoms with Crippen molar-refractivity contribution in [3.05, 3.63) is 5.82 Å². The van der Waals surface area contributed by atoms with Gasteiger partial charge in [-0.05, 0) is 24.3 Å². The van der Waals surface area contributed by atoms with Crippen LogP contribution in [0.25, 0.3) is 0 Å². The summed E-state index contributed by atoms with van der Waals surface area (Å²) in [7, 11) is 0. The summed E-state index contributed by atoms with van der Waals surface area (Å²) in [4.78, 5) is 11.9. The van der Waals surface area contributed by atoms with Gasteiger partial charge in [0.05, 0.1) is 0 Å². The van der Waals surface area contributed by atoms with Crippen molar-refractivity contribution in [2.75, 3.05) is 28.7 Å². The maximum atomic E-state index is 5.53. The van der Waals surface area contributed by atoms with Crippen molar-refractivity contribution < 1.29 is 0 Å². The van der Waals surface area contributed by atoms with E-state index >= 15 is 0 Å². The molecule has 4 N–H and O–H groups in total. The number of nitrogens with zero attached hydrogens (tertiary/aromatic N) is 3. The number of aromatic nitrogens is 3. The zero-order valence-electron chi connectivity index (χ0n) is 11.9. The molecule has 5 nitrogen and oxygen atoms in total. The summed E-state index contributed by atoms with van der Waals surface area (Å²) in [6.45, 7) is 0. The number of rotatable bonds is 11. The molecule has 0 amide bonds. The summed E-state index contributed by atoms with van der Waals surface area (Å²) < 4.78 is 0. The Morgan fingerprint density at radius 3 is 2.05 bits per heavy atom. The lowest BCUT2D eigenvalue weighted by Crippen LogP contribution is -2.07. The molecule has 0 saturated heterocycles. The standard InChI is InChI=1S/C13H25N5S2/c14-12-16-11(17-13(15)18-12)7-10-20-9-6-4-2-1-3-5-8-19/h19H,1-10H2,(H4,14,15,16,17,18). The van der Waals surface area contributed by atoms with E-state index in [-0.39, 0.29) is 11.9 Å².